The Morgan fingerprint density at radius 3 is 3.00 bits per heavy atom. The maximum Gasteiger partial charge on any atom is 0.365 e. The third-order valence-electron chi connectivity index (χ3n) is 1.64. The Hall–Kier alpha value is -1.47. The molecular weight excluding hydrogens is 246 g/mol. The summed E-state index contributed by atoms with van der Waals surface area (Å²) in [6.07, 6.45) is 4.89. The van der Waals surface area contributed by atoms with E-state index >= 15 is 0 Å². The van der Waals surface area contributed by atoms with Crippen LogP contribution in [0.5, 0.6) is 0 Å². The summed E-state index contributed by atoms with van der Waals surface area (Å²) in [6, 6.07) is 0. The van der Waals surface area contributed by atoms with Gasteiger partial charge in [0.2, 0.25) is 5.01 Å². The fourth-order valence-corrected chi connectivity index (χ4v) is 2.45. The van der Waals surface area contributed by atoms with Gasteiger partial charge in [-0.25, -0.2) is 14.8 Å². The zero-order valence-electron chi connectivity index (χ0n) is 8.03. The van der Waals surface area contributed by atoms with Gasteiger partial charge in [0.1, 0.15) is 5.03 Å². The van der Waals surface area contributed by atoms with E-state index in [1.54, 1.807) is 24.0 Å². The molecule has 0 saturated heterocycles. The molecule has 0 aliphatic rings. The molecule has 2 aromatic heterocycles. The molecule has 0 aliphatic carbocycles. The van der Waals surface area contributed by atoms with E-state index in [2.05, 4.69) is 15.0 Å². The van der Waals surface area contributed by atoms with Gasteiger partial charge in [-0.3, -0.25) is 4.98 Å². The molecule has 5 nitrogen and oxygen atoms in total. The highest BCUT2D eigenvalue weighted by Crippen LogP contribution is 2.20. The number of carbonyl (C=O) groups is 1. The molecule has 2 rings (SSSR count). The maximum atomic E-state index is 10.6. The van der Waals surface area contributed by atoms with Gasteiger partial charge in [0, 0.05) is 23.5 Å². The van der Waals surface area contributed by atoms with Crippen molar-refractivity contribution in [2.45, 2.75) is 10.8 Å². The van der Waals surface area contributed by atoms with Crippen molar-refractivity contribution in [2.75, 3.05) is 0 Å². The molecule has 0 amide bonds. The number of hydrogen-bond acceptors (Lipinski definition) is 6. The van der Waals surface area contributed by atoms with Gasteiger partial charge in [-0.15, -0.1) is 11.3 Å². The molecule has 0 radical (unpaired) electrons. The van der Waals surface area contributed by atoms with Crippen molar-refractivity contribution in [1.82, 2.24) is 15.0 Å². The van der Waals surface area contributed by atoms with Crippen molar-refractivity contribution in [3.63, 3.8) is 0 Å². The first-order chi connectivity index (χ1) is 7.75. The number of aromatic nitrogens is 3. The van der Waals surface area contributed by atoms with E-state index in [1.165, 1.54) is 11.8 Å². The smallest absolute Gasteiger partial charge is 0.365 e. The van der Waals surface area contributed by atoms with E-state index in [9.17, 15) is 4.79 Å². The quantitative estimate of drug-likeness (QED) is 0.839. The minimum absolute atomic E-state index is 0.120. The predicted molar refractivity (Wildman–Crippen MR) is 60.7 cm³/mol. The van der Waals surface area contributed by atoms with Crippen molar-refractivity contribution in [2.24, 2.45) is 0 Å². The molecule has 0 spiro atoms. The lowest BCUT2D eigenvalue weighted by Gasteiger charge is -1.95. The molecule has 2 heterocycles. The second-order valence-corrected chi connectivity index (χ2v) is 4.64. The van der Waals surface area contributed by atoms with Crippen molar-refractivity contribution in [3.05, 3.63) is 34.7 Å². The molecule has 0 atom stereocenters. The monoisotopic (exact) mass is 253 g/mol. The Bertz CT molecular complexity index is 487. The lowest BCUT2D eigenvalue weighted by molar-refractivity contribution is 0.0696. The number of thiazole rings is 1. The summed E-state index contributed by atoms with van der Waals surface area (Å²) in [5.74, 6) is -0.386. The van der Waals surface area contributed by atoms with E-state index in [0.29, 0.717) is 5.75 Å². The van der Waals surface area contributed by atoms with Gasteiger partial charge in [0.25, 0.3) is 0 Å². The van der Waals surface area contributed by atoms with Gasteiger partial charge >= 0.3 is 5.97 Å². The molecule has 7 heteroatoms. The van der Waals surface area contributed by atoms with Crippen LogP contribution in [-0.2, 0) is 5.75 Å². The number of hydrogen-bond donors (Lipinski definition) is 1. The van der Waals surface area contributed by atoms with Crippen LogP contribution in [0.3, 0.4) is 0 Å². The molecule has 0 fully saturated rings. The molecule has 1 N–H and O–H groups in total. The van der Waals surface area contributed by atoms with Crippen molar-refractivity contribution in [3.8, 4) is 0 Å². The Kier molecular flexibility index (Phi) is 3.47. The molecule has 0 bridgehead atoms. The highest BCUT2D eigenvalue weighted by molar-refractivity contribution is 7.98. The second kappa shape index (κ2) is 5.04. The van der Waals surface area contributed by atoms with Crippen molar-refractivity contribution < 1.29 is 9.90 Å². The number of thioether (sulfide) groups is 1. The number of rotatable bonds is 4. The molecule has 0 aromatic carbocycles. The van der Waals surface area contributed by atoms with Gasteiger partial charge < -0.3 is 5.11 Å². The average molecular weight is 253 g/mol. The molecular formula is C9H7N3O2S2. The lowest BCUT2D eigenvalue weighted by atomic mass is 10.6. The lowest BCUT2D eigenvalue weighted by Crippen LogP contribution is -1.95. The third-order valence-corrected chi connectivity index (χ3v) is 3.47. The van der Waals surface area contributed by atoms with Gasteiger partial charge in [0.15, 0.2) is 0 Å². The van der Waals surface area contributed by atoms with Crippen molar-refractivity contribution >= 4 is 29.1 Å². The van der Waals surface area contributed by atoms with Gasteiger partial charge in [-0.1, -0.05) is 11.8 Å². The Morgan fingerprint density at radius 2 is 2.38 bits per heavy atom. The van der Waals surface area contributed by atoms with Crippen LogP contribution >= 0.6 is 23.1 Å². The van der Waals surface area contributed by atoms with Crippen LogP contribution < -0.4 is 0 Å². The predicted octanol–water partition coefficient (Wildman–Crippen LogP) is 1.92. The largest absolute Gasteiger partial charge is 0.476 e. The molecule has 0 aliphatic heterocycles. The normalized spacial score (nSPS) is 10.2. The first kappa shape index (κ1) is 11.0. The van der Waals surface area contributed by atoms with Crippen LogP contribution in [0.2, 0.25) is 0 Å². The number of carboxylic acids is 1. The van der Waals surface area contributed by atoms with Gasteiger partial charge in [0.05, 0.1) is 11.9 Å². The summed E-state index contributed by atoms with van der Waals surface area (Å²) in [4.78, 5) is 22.6. The molecule has 82 valence electrons. The summed E-state index contributed by atoms with van der Waals surface area (Å²) in [5, 5.41) is 11.4. The highest BCUT2D eigenvalue weighted by Gasteiger charge is 2.09. The SMILES string of the molecule is O=C(O)c1nc(CSc2cnccn2)cs1. The van der Waals surface area contributed by atoms with E-state index in [0.717, 1.165) is 22.1 Å². The minimum atomic E-state index is -0.985. The Labute approximate surface area is 99.6 Å². The van der Waals surface area contributed by atoms with E-state index in [4.69, 9.17) is 5.11 Å². The van der Waals surface area contributed by atoms with E-state index in [-0.39, 0.29) is 5.01 Å². The van der Waals surface area contributed by atoms with E-state index in [1.807, 2.05) is 0 Å². The van der Waals surface area contributed by atoms with Crippen LogP contribution in [0, 0.1) is 0 Å². The number of carboxylic acid groups (broad SMARTS) is 1. The molecule has 0 unspecified atom stereocenters. The highest BCUT2D eigenvalue weighted by atomic mass is 32.2. The molecule has 0 saturated carbocycles. The van der Waals surface area contributed by atoms with Gasteiger partial charge in [-0.2, -0.15) is 0 Å². The first-order valence-electron chi connectivity index (χ1n) is 4.32. The number of nitrogens with zero attached hydrogens (tertiary/aromatic N) is 3. The topological polar surface area (TPSA) is 76.0 Å². The summed E-state index contributed by atoms with van der Waals surface area (Å²) < 4.78 is 0. The molecule has 16 heavy (non-hydrogen) atoms. The van der Waals surface area contributed by atoms with Crippen LogP contribution in [0.25, 0.3) is 0 Å². The van der Waals surface area contributed by atoms with Crippen LogP contribution in [-0.4, -0.2) is 26.0 Å². The second-order valence-electron chi connectivity index (χ2n) is 2.78. The van der Waals surface area contributed by atoms with Crippen LogP contribution in [0.4, 0.5) is 0 Å². The summed E-state index contributed by atoms with van der Waals surface area (Å²) in [5.41, 5.74) is 0.748. The van der Waals surface area contributed by atoms with E-state index < -0.39 is 5.97 Å². The standard InChI is InChI=1S/C9H7N3O2S2/c13-9(14)8-12-6(5-16-8)4-15-7-3-10-1-2-11-7/h1-3,5H,4H2,(H,13,14). The van der Waals surface area contributed by atoms with Crippen molar-refractivity contribution in [1.29, 1.82) is 0 Å². The average Bonchev–Trinajstić information content (AvgIpc) is 2.76. The molecule has 2 aromatic rings. The summed E-state index contributed by atoms with van der Waals surface area (Å²) in [7, 11) is 0. The summed E-state index contributed by atoms with van der Waals surface area (Å²) >= 11 is 2.61. The minimum Gasteiger partial charge on any atom is -0.476 e. The first-order valence-corrected chi connectivity index (χ1v) is 6.19. The van der Waals surface area contributed by atoms with Gasteiger partial charge in [-0.05, 0) is 0 Å². The summed E-state index contributed by atoms with van der Waals surface area (Å²) in [6.45, 7) is 0. The third kappa shape index (κ3) is 2.77. The Morgan fingerprint density at radius 1 is 1.50 bits per heavy atom. The van der Waals surface area contributed by atoms with Crippen LogP contribution in [0.15, 0.2) is 29.0 Å². The Balaban J connectivity index is 1.97. The zero-order valence-corrected chi connectivity index (χ0v) is 9.66. The zero-order chi connectivity index (χ0) is 11.4. The fourth-order valence-electron chi connectivity index (χ4n) is 0.979. The van der Waals surface area contributed by atoms with Crippen LogP contribution in [0.1, 0.15) is 15.5 Å². The fraction of sp³-hybridized carbons (Fsp3) is 0.111. The number of aromatic carboxylic acids is 1. The maximum absolute atomic E-state index is 10.6.